The maximum Gasteiger partial charge on any atom is 0.303 e. The summed E-state index contributed by atoms with van der Waals surface area (Å²) in [5.41, 5.74) is 5.89. The van der Waals surface area contributed by atoms with Crippen molar-refractivity contribution in [3.63, 3.8) is 0 Å². The molecule has 5 heteroatoms. The Morgan fingerprint density at radius 3 is 2.67 bits per heavy atom. The van der Waals surface area contributed by atoms with Crippen LogP contribution >= 0.6 is 0 Å². The third kappa shape index (κ3) is 4.64. The van der Waals surface area contributed by atoms with Gasteiger partial charge in [0.25, 0.3) is 0 Å². The Bertz CT molecular complexity index is 305. The third-order valence-corrected chi connectivity index (χ3v) is 3.34. The van der Waals surface area contributed by atoms with Gasteiger partial charge in [0, 0.05) is 19.5 Å². The van der Waals surface area contributed by atoms with E-state index in [2.05, 4.69) is 0 Å². The van der Waals surface area contributed by atoms with E-state index >= 15 is 0 Å². The van der Waals surface area contributed by atoms with E-state index in [9.17, 15) is 9.59 Å². The van der Waals surface area contributed by atoms with Gasteiger partial charge in [-0.05, 0) is 31.1 Å². The fourth-order valence-corrected chi connectivity index (χ4v) is 2.52. The van der Waals surface area contributed by atoms with E-state index in [4.69, 9.17) is 10.8 Å². The summed E-state index contributed by atoms with van der Waals surface area (Å²) in [6, 6.07) is -0.450. The topological polar surface area (TPSA) is 83.6 Å². The van der Waals surface area contributed by atoms with Gasteiger partial charge in [-0.25, -0.2) is 0 Å². The zero-order valence-corrected chi connectivity index (χ0v) is 11.3. The lowest BCUT2D eigenvalue weighted by molar-refractivity contribution is -0.141. The Hall–Kier alpha value is -1.10. The molecule has 2 atom stereocenters. The van der Waals surface area contributed by atoms with Crippen LogP contribution in [0.15, 0.2) is 0 Å². The van der Waals surface area contributed by atoms with Crippen molar-refractivity contribution in [2.24, 2.45) is 17.6 Å². The molecule has 1 rings (SSSR count). The van der Waals surface area contributed by atoms with Gasteiger partial charge in [-0.15, -0.1) is 0 Å². The zero-order valence-electron chi connectivity index (χ0n) is 11.3. The molecule has 0 aliphatic carbocycles. The highest BCUT2D eigenvalue weighted by Gasteiger charge is 2.28. The third-order valence-electron chi connectivity index (χ3n) is 3.34. The second kappa shape index (κ2) is 6.73. The lowest BCUT2D eigenvalue weighted by Gasteiger charge is -2.34. The molecule has 1 heterocycles. The van der Waals surface area contributed by atoms with Crippen molar-refractivity contribution in [1.82, 2.24) is 4.90 Å². The first-order valence-electron chi connectivity index (χ1n) is 6.66. The number of carboxylic acids is 1. The molecule has 1 saturated heterocycles. The molecule has 18 heavy (non-hydrogen) atoms. The highest BCUT2D eigenvalue weighted by atomic mass is 16.4. The molecule has 0 aromatic rings. The maximum atomic E-state index is 12.1. The maximum absolute atomic E-state index is 12.1. The van der Waals surface area contributed by atoms with Gasteiger partial charge < -0.3 is 15.7 Å². The van der Waals surface area contributed by atoms with E-state index in [1.54, 1.807) is 4.90 Å². The first-order chi connectivity index (χ1) is 8.40. The normalized spacial score (nSPS) is 22.0. The van der Waals surface area contributed by atoms with Crippen LogP contribution in [-0.4, -0.2) is 41.0 Å². The number of likely N-dealkylation sites (tertiary alicyclic amines) is 1. The molecule has 5 nitrogen and oxygen atoms in total. The molecule has 0 spiro atoms. The summed E-state index contributed by atoms with van der Waals surface area (Å²) in [5.74, 6) is -0.352. The molecular weight excluding hydrogens is 232 g/mol. The summed E-state index contributed by atoms with van der Waals surface area (Å²) in [4.78, 5) is 24.6. The van der Waals surface area contributed by atoms with E-state index in [-0.39, 0.29) is 18.2 Å². The number of hydrogen-bond donors (Lipinski definition) is 2. The van der Waals surface area contributed by atoms with Crippen LogP contribution in [0.25, 0.3) is 0 Å². The average molecular weight is 256 g/mol. The van der Waals surface area contributed by atoms with Crippen LogP contribution in [0, 0.1) is 11.8 Å². The highest BCUT2D eigenvalue weighted by Crippen LogP contribution is 2.20. The lowest BCUT2D eigenvalue weighted by Crippen LogP contribution is -2.48. The number of amides is 1. The van der Waals surface area contributed by atoms with Crippen LogP contribution in [0.5, 0.6) is 0 Å². The molecule has 0 radical (unpaired) electrons. The zero-order chi connectivity index (χ0) is 13.7. The van der Waals surface area contributed by atoms with Gasteiger partial charge >= 0.3 is 5.97 Å². The number of nitrogens with zero attached hydrogens (tertiary/aromatic N) is 1. The van der Waals surface area contributed by atoms with E-state index < -0.39 is 12.0 Å². The fourth-order valence-electron chi connectivity index (χ4n) is 2.52. The number of carbonyl (C=O) groups excluding carboxylic acids is 1. The van der Waals surface area contributed by atoms with Crippen molar-refractivity contribution < 1.29 is 14.7 Å². The van der Waals surface area contributed by atoms with Crippen molar-refractivity contribution >= 4 is 11.9 Å². The average Bonchev–Trinajstić information content (AvgIpc) is 2.26. The Labute approximate surface area is 108 Å². The Balaban J connectivity index is 2.49. The van der Waals surface area contributed by atoms with Crippen molar-refractivity contribution in [3.05, 3.63) is 0 Å². The Morgan fingerprint density at radius 1 is 1.44 bits per heavy atom. The van der Waals surface area contributed by atoms with E-state index in [1.807, 2.05) is 13.8 Å². The van der Waals surface area contributed by atoms with Gasteiger partial charge in [0.2, 0.25) is 5.91 Å². The molecule has 104 valence electrons. The monoisotopic (exact) mass is 256 g/mol. The van der Waals surface area contributed by atoms with Crippen LogP contribution in [0.2, 0.25) is 0 Å². The number of carbonyl (C=O) groups is 2. The number of nitrogens with two attached hydrogens (primary N) is 1. The molecule has 0 bridgehead atoms. The Morgan fingerprint density at radius 2 is 2.11 bits per heavy atom. The van der Waals surface area contributed by atoms with E-state index in [0.29, 0.717) is 25.4 Å². The predicted molar refractivity (Wildman–Crippen MR) is 69.0 cm³/mol. The molecule has 1 aliphatic rings. The largest absolute Gasteiger partial charge is 0.481 e. The quantitative estimate of drug-likeness (QED) is 0.770. The number of hydrogen-bond acceptors (Lipinski definition) is 3. The summed E-state index contributed by atoms with van der Waals surface area (Å²) >= 11 is 0. The minimum absolute atomic E-state index is 0.0289. The first kappa shape index (κ1) is 15.0. The summed E-state index contributed by atoms with van der Waals surface area (Å²) < 4.78 is 0. The number of carboxylic acid groups (broad SMARTS) is 1. The minimum atomic E-state index is -0.791. The van der Waals surface area contributed by atoms with Crippen molar-refractivity contribution in [3.8, 4) is 0 Å². The van der Waals surface area contributed by atoms with Crippen LogP contribution in [0.3, 0.4) is 0 Å². The molecule has 1 unspecified atom stereocenters. The summed E-state index contributed by atoms with van der Waals surface area (Å²) in [6.07, 6.45) is 2.58. The van der Waals surface area contributed by atoms with Crippen LogP contribution in [0.1, 0.15) is 39.5 Å². The second-order valence-electron chi connectivity index (χ2n) is 5.63. The van der Waals surface area contributed by atoms with Gasteiger partial charge in [0.05, 0.1) is 6.04 Å². The van der Waals surface area contributed by atoms with Crippen molar-refractivity contribution in [1.29, 1.82) is 0 Å². The van der Waals surface area contributed by atoms with Crippen molar-refractivity contribution in [2.45, 2.75) is 45.6 Å². The second-order valence-corrected chi connectivity index (χ2v) is 5.63. The van der Waals surface area contributed by atoms with Gasteiger partial charge in [0.1, 0.15) is 0 Å². The van der Waals surface area contributed by atoms with Crippen LogP contribution < -0.4 is 5.73 Å². The van der Waals surface area contributed by atoms with E-state index in [0.717, 1.165) is 12.8 Å². The van der Waals surface area contributed by atoms with Crippen molar-refractivity contribution in [2.75, 3.05) is 13.1 Å². The lowest BCUT2D eigenvalue weighted by atomic mass is 9.94. The molecule has 0 saturated carbocycles. The van der Waals surface area contributed by atoms with Gasteiger partial charge in [-0.2, -0.15) is 0 Å². The smallest absolute Gasteiger partial charge is 0.303 e. The van der Waals surface area contributed by atoms with E-state index in [1.165, 1.54) is 0 Å². The summed E-state index contributed by atoms with van der Waals surface area (Å²) in [6.45, 7) is 5.32. The fraction of sp³-hybridized carbons (Fsp3) is 0.846. The molecule has 0 aromatic carbocycles. The molecule has 1 aliphatic heterocycles. The molecule has 3 N–H and O–H groups in total. The number of rotatable bonds is 5. The molecule has 1 amide bonds. The first-order valence-corrected chi connectivity index (χ1v) is 6.66. The summed E-state index contributed by atoms with van der Waals surface area (Å²) in [5, 5.41) is 8.79. The van der Waals surface area contributed by atoms with Gasteiger partial charge in [-0.3, -0.25) is 9.59 Å². The highest BCUT2D eigenvalue weighted by molar-refractivity contribution is 5.81. The van der Waals surface area contributed by atoms with Gasteiger partial charge in [-0.1, -0.05) is 13.8 Å². The molecule has 0 aromatic heterocycles. The number of aliphatic carboxylic acids is 1. The minimum Gasteiger partial charge on any atom is -0.481 e. The SMILES string of the molecule is CC(C)C[C@H](N)C(=O)N1CCCC(CC(=O)O)C1. The van der Waals surface area contributed by atoms with Crippen LogP contribution in [0.4, 0.5) is 0 Å². The number of piperidine rings is 1. The standard InChI is InChI=1S/C13H24N2O3/c1-9(2)6-11(14)13(18)15-5-3-4-10(8-15)7-12(16)17/h9-11H,3-8,14H2,1-2H3,(H,16,17)/t10?,11-/m0/s1. The Kier molecular flexibility index (Phi) is 5.59. The molecular formula is C13H24N2O3. The predicted octanol–water partition coefficient (Wildman–Crippen LogP) is 1.07. The molecule has 1 fully saturated rings. The van der Waals surface area contributed by atoms with Crippen LogP contribution in [-0.2, 0) is 9.59 Å². The van der Waals surface area contributed by atoms with Gasteiger partial charge in [0.15, 0.2) is 0 Å². The summed E-state index contributed by atoms with van der Waals surface area (Å²) in [7, 11) is 0.